The van der Waals surface area contributed by atoms with Gasteiger partial charge in [-0.3, -0.25) is 14.5 Å². The summed E-state index contributed by atoms with van der Waals surface area (Å²) in [7, 11) is 0. The first-order valence-corrected chi connectivity index (χ1v) is 7.59. The molecule has 0 bridgehead atoms. The van der Waals surface area contributed by atoms with E-state index in [9.17, 15) is 9.18 Å². The first-order valence-electron chi connectivity index (χ1n) is 7.59. The van der Waals surface area contributed by atoms with Crippen LogP contribution in [0.15, 0.2) is 42.7 Å². The van der Waals surface area contributed by atoms with Crippen molar-refractivity contribution in [3.05, 3.63) is 54.1 Å². The summed E-state index contributed by atoms with van der Waals surface area (Å²) in [5.41, 5.74) is 0.936. The zero-order valence-corrected chi connectivity index (χ0v) is 12.4. The van der Waals surface area contributed by atoms with E-state index in [1.165, 1.54) is 25.1 Å². The molecule has 5 nitrogen and oxygen atoms in total. The lowest BCUT2D eigenvalue weighted by atomic mass is 10.2. The maximum Gasteiger partial charge on any atom is 0.259 e. The highest BCUT2D eigenvalue weighted by atomic mass is 19.1. The second-order valence-corrected chi connectivity index (χ2v) is 5.80. The molecule has 0 unspecified atom stereocenters. The number of hydrogen-bond acceptors (Lipinski definition) is 3. The minimum absolute atomic E-state index is 0.0409. The zero-order chi connectivity index (χ0) is 15.8. The third-order valence-electron chi connectivity index (χ3n) is 4.04. The smallest absolute Gasteiger partial charge is 0.259 e. The number of aromatic nitrogens is 3. The van der Waals surface area contributed by atoms with Crippen LogP contribution in [0.5, 0.6) is 0 Å². The lowest BCUT2D eigenvalue weighted by Gasteiger charge is -2.03. The zero-order valence-electron chi connectivity index (χ0n) is 12.4. The quantitative estimate of drug-likeness (QED) is 0.805. The molecule has 23 heavy (non-hydrogen) atoms. The van der Waals surface area contributed by atoms with Crippen LogP contribution in [0, 0.1) is 11.7 Å². The molecular formula is C17H15FN4O. The highest BCUT2D eigenvalue weighted by molar-refractivity contribution is 6.08. The van der Waals surface area contributed by atoms with Crippen molar-refractivity contribution < 1.29 is 9.18 Å². The van der Waals surface area contributed by atoms with Crippen molar-refractivity contribution in [3.63, 3.8) is 0 Å². The second kappa shape index (κ2) is 5.46. The summed E-state index contributed by atoms with van der Waals surface area (Å²) in [5.74, 6) is -0.0413. The number of nitrogens with one attached hydrogen (secondary N) is 1. The van der Waals surface area contributed by atoms with E-state index in [0.29, 0.717) is 11.7 Å². The van der Waals surface area contributed by atoms with Crippen LogP contribution in [0.2, 0.25) is 0 Å². The van der Waals surface area contributed by atoms with Crippen molar-refractivity contribution in [1.82, 2.24) is 14.8 Å². The van der Waals surface area contributed by atoms with Gasteiger partial charge < -0.3 is 5.32 Å². The Hall–Kier alpha value is -2.76. The van der Waals surface area contributed by atoms with Gasteiger partial charge in [0.15, 0.2) is 11.6 Å². The number of rotatable bonds is 4. The van der Waals surface area contributed by atoms with Crippen molar-refractivity contribution >= 4 is 22.6 Å². The molecule has 4 rings (SSSR count). The van der Waals surface area contributed by atoms with Gasteiger partial charge in [0.1, 0.15) is 0 Å². The maximum atomic E-state index is 13.7. The number of hydrogen-bond donors (Lipinski definition) is 1. The van der Waals surface area contributed by atoms with E-state index in [1.54, 1.807) is 0 Å². The fourth-order valence-electron chi connectivity index (χ4n) is 2.64. The number of amides is 1. The third kappa shape index (κ3) is 2.67. The van der Waals surface area contributed by atoms with Gasteiger partial charge in [0.2, 0.25) is 0 Å². The number of nitrogens with zero attached hydrogens (tertiary/aromatic N) is 3. The molecule has 0 spiro atoms. The van der Waals surface area contributed by atoms with Crippen LogP contribution in [0.1, 0.15) is 23.2 Å². The SMILES string of the molecule is O=C(Nc1nn(CC2CC2)c2ccccc12)c1ccncc1F. The highest BCUT2D eigenvalue weighted by Gasteiger charge is 2.24. The molecule has 116 valence electrons. The predicted molar refractivity (Wildman–Crippen MR) is 84.6 cm³/mol. The van der Waals surface area contributed by atoms with Gasteiger partial charge in [-0.2, -0.15) is 5.10 Å². The average Bonchev–Trinajstić information content (AvgIpc) is 3.31. The van der Waals surface area contributed by atoms with Crippen LogP contribution in [0.25, 0.3) is 10.9 Å². The Labute approximate surface area is 132 Å². The molecule has 0 radical (unpaired) electrons. The normalized spacial score (nSPS) is 14.1. The van der Waals surface area contributed by atoms with E-state index in [4.69, 9.17) is 0 Å². The fourth-order valence-corrected chi connectivity index (χ4v) is 2.64. The number of carbonyl (C=O) groups excluding carboxylic acids is 1. The average molecular weight is 310 g/mol. The number of benzene rings is 1. The molecule has 2 aromatic heterocycles. The van der Waals surface area contributed by atoms with E-state index in [1.807, 2.05) is 28.9 Å². The molecule has 1 saturated carbocycles. The van der Waals surface area contributed by atoms with Crippen molar-refractivity contribution in [1.29, 1.82) is 0 Å². The summed E-state index contributed by atoms with van der Waals surface area (Å²) < 4.78 is 15.6. The summed E-state index contributed by atoms with van der Waals surface area (Å²) in [6.07, 6.45) is 4.86. The number of para-hydroxylation sites is 1. The summed E-state index contributed by atoms with van der Waals surface area (Å²) in [6, 6.07) is 9.08. The number of anilines is 1. The van der Waals surface area contributed by atoms with Crippen LogP contribution < -0.4 is 5.32 Å². The number of halogens is 1. The number of carbonyl (C=O) groups is 1. The lowest BCUT2D eigenvalue weighted by molar-refractivity contribution is 0.102. The number of fused-ring (bicyclic) bond motifs is 1. The highest BCUT2D eigenvalue weighted by Crippen LogP contribution is 2.33. The lowest BCUT2D eigenvalue weighted by Crippen LogP contribution is -2.15. The van der Waals surface area contributed by atoms with Crippen LogP contribution in [-0.4, -0.2) is 20.7 Å². The fraction of sp³-hybridized carbons (Fsp3) is 0.235. The summed E-state index contributed by atoms with van der Waals surface area (Å²) >= 11 is 0. The van der Waals surface area contributed by atoms with Gasteiger partial charge in [0.05, 0.1) is 17.3 Å². The largest absolute Gasteiger partial charge is 0.304 e. The van der Waals surface area contributed by atoms with Gasteiger partial charge in [-0.05, 0) is 37.0 Å². The van der Waals surface area contributed by atoms with Gasteiger partial charge in [0.25, 0.3) is 5.91 Å². The van der Waals surface area contributed by atoms with Crippen molar-refractivity contribution in [2.75, 3.05) is 5.32 Å². The van der Waals surface area contributed by atoms with Gasteiger partial charge in [0, 0.05) is 18.1 Å². The molecule has 1 aliphatic carbocycles. The molecule has 1 aliphatic rings. The molecule has 1 amide bonds. The minimum Gasteiger partial charge on any atom is -0.304 e. The predicted octanol–water partition coefficient (Wildman–Crippen LogP) is 3.23. The second-order valence-electron chi connectivity index (χ2n) is 5.80. The minimum atomic E-state index is -0.647. The van der Waals surface area contributed by atoms with Crippen molar-refractivity contribution in [2.24, 2.45) is 5.92 Å². The van der Waals surface area contributed by atoms with Crippen LogP contribution in [-0.2, 0) is 6.54 Å². The third-order valence-corrected chi connectivity index (χ3v) is 4.04. The maximum absolute atomic E-state index is 13.7. The number of pyridine rings is 1. The molecule has 6 heteroatoms. The van der Waals surface area contributed by atoms with Crippen molar-refractivity contribution in [3.8, 4) is 0 Å². The first-order chi connectivity index (χ1) is 11.2. The Bertz CT molecular complexity index is 885. The Balaban J connectivity index is 1.68. The Morgan fingerprint density at radius 2 is 2.13 bits per heavy atom. The van der Waals surface area contributed by atoms with Gasteiger partial charge in [-0.1, -0.05) is 12.1 Å². The molecule has 1 aromatic carbocycles. The van der Waals surface area contributed by atoms with Crippen LogP contribution in [0.4, 0.5) is 10.2 Å². The van der Waals surface area contributed by atoms with E-state index >= 15 is 0 Å². The Morgan fingerprint density at radius 3 is 2.91 bits per heavy atom. The molecule has 1 N–H and O–H groups in total. The molecule has 0 saturated heterocycles. The standard InChI is InChI=1S/C17H15FN4O/c18-14-9-19-8-7-12(14)17(23)20-16-13-3-1-2-4-15(13)22(21-16)10-11-5-6-11/h1-4,7-9,11H,5-6,10H2,(H,20,21,23). The van der Waals surface area contributed by atoms with Crippen LogP contribution >= 0.6 is 0 Å². The van der Waals surface area contributed by atoms with E-state index < -0.39 is 11.7 Å². The van der Waals surface area contributed by atoms with E-state index in [0.717, 1.165) is 23.6 Å². The van der Waals surface area contributed by atoms with Crippen LogP contribution in [0.3, 0.4) is 0 Å². The molecule has 0 atom stereocenters. The first kappa shape index (κ1) is 13.9. The summed E-state index contributed by atoms with van der Waals surface area (Å²) in [4.78, 5) is 15.9. The summed E-state index contributed by atoms with van der Waals surface area (Å²) in [6.45, 7) is 0.847. The van der Waals surface area contributed by atoms with E-state index in [-0.39, 0.29) is 5.56 Å². The van der Waals surface area contributed by atoms with E-state index in [2.05, 4.69) is 15.4 Å². The Morgan fingerprint density at radius 1 is 1.30 bits per heavy atom. The van der Waals surface area contributed by atoms with Crippen molar-refractivity contribution in [2.45, 2.75) is 19.4 Å². The molecule has 0 aliphatic heterocycles. The van der Waals surface area contributed by atoms with Gasteiger partial charge in [-0.15, -0.1) is 0 Å². The van der Waals surface area contributed by atoms with Gasteiger partial charge in [-0.25, -0.2) is 4.39 Å². The summed E-state index contributed by atoms with van der Waals surface area (Å²) in [5, 5.41) is 8.09. The molecule has 1 fully saturated rings. The Kier molecular flexibility index (Phi) is 3.29. The van der Waals surface area contributed by atoms with Gasteiger partial charge >= 0.3 is 0 Å². The monoisotopic (exact) mass is 310 g/mol. The molecular weight excluding hydrogens is 295 g/mol. The topological polar surface area (TPSA) is 59.8 Å². The molecule has 3 aromatic rings. The molecule has 2 heterocycles.